The predicted octanol–water partition coefficient (Wildman–Crippen LogP) is 4.26. The van der Waals surface area contributed by atoms with Crippen molar-refractivity contribution in [1.29, 1.82) is 0 Å². The summed E-state index contributed by atoms with van der Waals surface area (Å²) >= 11 is 12.2. The molecular weight excluding hydrogens is 279 g/mol. The minimum Gasteiger partial charge on any atom is -0.329 e. The van der Waals surface area contributed by atoms with Crippen LogP contribution in [0.5, 0.6) is 0 Å². The second-order valence-electron chi connectivity index (χ2n) is 5.39. The van der Waals surface area contributed by atoms with E-state index in [9.17, 15) is 0 Å². The van der Waals surface area contributed by atoms with Gasteiger partial charge in [-0.3, -0.25) is 4.90 Å². The molecule has 1 aromatic carbocycles. The molecular formula is C15H22Cl2N2. The molecule has 1 aliphatic heterocycles. The minimum absolute atomic E-state index is 0.207. The zero-order chi connectivity index (χ0) is 14.0. The Labute approximate surface area is 125 Å². The fourth-order valence-corrected chi connectivity index (χ4v) is 3.81. The van der Waals surface area contributed by atoms with Crippen LogP contribution in [0.25, 0.3) is 0 Å². The van der Waals surface area contributed by atoms with E-state index in [1.807, 2.05) is 12.1 Å². The van der Waals surface area contributed by atoms with Crippen LogP contribution in [-0.4, -0.2) is 23.5 Å². The molecule has 0 spiro atoms. The van der Waals surface area contributed by atoms with Crippen molar-refractivity contribution >= 4 is 23.2 Å². The van der Waals surface area contributed by atoms with Crippen LogP contribution < -0.4 is 5.73 Å². The lowest BCUT2D eigenvalue weighted by atomic mass is 10.0. The summed E-state index contributed by atoms with van der Waals surface area (Å²) in [5.74, 6) is 0. The van der Waals surface area contributed by atoms with E-state index in [4.69, 9.17) is 28.9 Å². The Hall–Kier alpha value is -0.280. The van der Waals surface area contributed by atoms with Gasteiger partial charge in [0.15, 0.2) is 0 Å². The smallest absolute Gasteiger partial charge is 0.0477 e. The SMILES string of the molecule is CCC1CCC(C)N1C(CN)c1cc(Cl)cc(Cl)c1. The van der Waals surface area contributed by atoms with E-state index < -0.39 is 0 Å². The molecule has 0 amide bonds. The van der Waals surface area contributed by atoms with E-state index in [0.29, 0.717) is 28.7 Å². The van der Waals surface area contributed by atoms with Crippen LogP contribution >= 0.6 is 23.2 Å². The fourth-order valence-electron chi connectivity index (χ4n) is 3.27. The van der Waals surface area contributed by atoms with Crippen LogP contribution in [-0.2, 0) is 0 Å². The van der Waals surface area contributed by atoms with Gasteiger partial charge in [-0.1, -0.05) is 30.1 Å². The highest BCUT2D eigenvalue weighted by molar-refractivity contribution is 6.34. The first kappa shape index (κ1) is 15.1. The molecule has 2 rings (SSSR count). The molecule has 106 valence electrons. The zero-order valence-corrected chi connectivity index (χ0v) is 13.1. The third-order valence-corrected chi connectivity index (χ3v) is 4.61. The summed E-state index contributed by atoms with van der Waals surface area (Å²) in [6.45, 7) is 5.12. The van der Waals surface area contributed by atoms with E-state index in [1.54, 1.807) is 6.07 Å². The number of benzene rings is 1. The van der Waals surface area contributed by atoms with Crippen molar-refractivity contribution in [1.82, 2.24) is 4.90 Å². The molecule has 1 fully saturated rings. The topological polar surface area (TPSA) is 29.3 Å². The van der Waals surface area contributed by atoms with Gasteiger partial charge in [0.25, 0.3) is 0 Å². The molecule has 1 aromatic rings. The summed E-state index contributed by atoms with van der Waals surface area (Å²) in [4.78, 5) is 2.54. The number of nitrogens with two attached hydrogens (primary N) is 1. The molecule has 19 heavy (non-hydrogen) atoms. The monoisotopic (exact) mass is 300 g/mol. The van der Waals surface area contributed by atoms with Gasteiger partial charge in [0.05, 0.1) is 0 Å². The van der Waals surface area contributed by atoms with Gasteiger partial charge in [0.2, 0.25) is 0 Å². The molecule has 3 unspecified atom stereocenters. The summed E-state index contributed by atoms with van der Waals surface area (Å²) in [6, 6.07) is 7.13. The lowest BCUT2D eigenvalue weighted by Crippen LogP contribution is -2.41. The van der Waals surface area contributed by atoms with Crippen molar-refractivity contribution in [3.8, 4) is 0 Å². The molecule has 0 radical (unpaired) electrons. The van der Waals surface area contributed by atoms with Crippen molar-refractivity contribution < 1.29 is 0 Å². The van der Waals surface area contributed by atoms with E-state index in [-0.39, 0.29) is 6.04 Å². The molecule has 0 saturated carbocycles. The Kier molecular flexibility index (Phi) is 5.13. The van der Waals surface area contributed by atoms with Gasteiger partial charge in [-0.2, -0.15) is 0 Å². The average molecular weight is 301 g/mol. The minimum atomic E-state index is 0.207. The third kappa shape index (κ3) is 3.25. The average Bonchev–Trinajstić information content (AvgIpc) is 2.71. The highest BCUT2D eigenvalue weighted by Crippen LogP contribution is 2.36. The molecule has 4 heteroatoms. The van der Waals surface area contributed by atoms with Gasteiger partial charge in [-0.25, -0.2) is 0 Å². The van der Waals surface area contributed by atoms with Gasteiger partial charge in [0, 0.05) is 34.7 Å². The van der Waals surface area contributed by atoms with Crippen LogP contribution in [0.4, 0.5) is 0 Å². The summed E-state index contributed by atoms with van der Waals surface area (Å²) in [7, 11) is 0. The molecule has 0 bridgehead atoms. The van der Waals surface area contributed by atoms with Crippen LogP contribution in [0.1, 0.15) is 44.7 Å². The van der Waals surface area contributed by atoms with E-state index >= 15 is 0 Å². The highest BCUT2D eigenvalue weighted by Gasteiger charge is 2.34. The van der Waals surface area contributed by atoms with E-state index in [1.165, 1.54) is 12.8 Å². The molecule has 2 nitrogen and oxygen atoms in total. The number of halogens is 2. The number of hydrogen-bond acceptors (Lipinski definition) is 2. The lowest BCUT2D eigenvalue weighted by Gasteiger charge is -2.36. The molecule has 0 aromatic heterocycles. The Morgan fingerprint density at radius 3 is 2.42 bits per heavy atom. The summed E-state index contributed by atoms with van der Waals surface area (Å²) in [5.41, 5.74) is 7.17. The Morgan fingerprint density at radius 2 is 1.89 bits per heavy atom. The van der Waals surface area contributed by atoms with Gasteiger partial charge in [-0.05, 0) is 49.9 Å². The lowest BCUT2D eigenvalue weighted by molar-refractivity contribution is 0.137. The molecule has 1 heterocycles. The first-order chi connectivity index (χ1) is 9.06. The maximum absolute atomic E-state index is 6.12. The molecule has 1 saturated heterocycles. The molecule has 3 atom stereocenters. The van der Waals surface area contributed by atoms with Crippen molar-refractivity contribution in [3.63, 3.8) is 0 Å². The van der Waals surface area contributed by atoms with Crippen molar-refractivity contribution in [2.75, 3.05) is 6.54 Å². The van der Waals surface area contributed by atoms with Gasteiger partial charge in [-0.15, -0.1) is 0 Å². The van der Waals surface area contributed by atoms with Gasteiger partial charge < -0.3 is 5.73 Å². The second-order valence-corrected chi connectivity index (χ2v) is 6.26. The fraction of sp³-hybridized carbons (Fsp3) is 0.600. The number of likely N-dealkylation sites (tertiary alicyclic amines) is 1. The summed E-state index contributed by atoms with van der Waals surface area (Å²) in [6.07, 6.45) is 3.65. The maximum atomic E-state index is 6.12. The predicted molar refractivity (Wildman–Crippen MR) is 82.9 cm³/mol. The van der Waals surface area contributed by atoms with E-state index in [2.05, 4.69) is 18.7 Å². The number of rotatable bonds is 4. The first-order valence-electron chi connectivity index (χ1n) is 7.00. The summed E-state index contributed by atoms with van der Waals surface area (Å²) in [5, 5.41) is 1.36. The molecule has 2 N–H and O–H groups in total. The van der Waals surface area contributed by atoms with Crippen LogP contribution in [0.3, 0.4) is 0 Å². The third-order valence-electron chi connectivity index (χ3n) is 4.17. The van der Waals surface area contributed by atoms with Crippen LogP contribution in [0, 0.1) is 0 Å². The van der Waals surface area contributed by atoms with Crippen molar-refractivity contribution in [3.05, 3.63) is 33.8 Å². The van der Waals surface area contributed by atoms with Gasteiger partial charge >= 0.3 is 0 Å². The normalized spacial score (nSPS) is 25.7. The van der Waals surface area contributed by atoms with Crippen LogP contribution in [0.15, 0.2) is 18.2 Å². The largest absolute Gasteiger partial charge is 0.329 e. The number of hydrogen-bond donors (Lipinski definition) is 1. The van der Waals surface area contributed by atoms with Gasteiger partial charge in [0.1, 0.15) is 0 Å². The Morgan fingerprint density at radius 1 is 1.26 bits per heavy atom. The molecule has 0 aliphatic carbocycles. The summed E-state index contributed by atoms with van der Waals surface area (Å²) < 4.78 is 0. The second kappa shape index (κ2) is 6.45. The van der Waals surface area contributed by atoms with Crippen molar-refractivity contribution in [2.45, 2.75) is 51.2 Å². The maximum Gasteiger partial charge on any atom is 0.0477 e. The standard InChI is InChI=1S/C15H22Cl2N2/c1-3-14-5-4-10(2)19(14)15(9-18)11-6-12(16)8-13(17)7-11/h6-8,10,14-15H,3-5,9,18H2,1-2H3. The zero-order valence-electron chi connectivity index (χ0n) is 11.6. The number of nitrogens with zero attached hydrogens (tertiary/aromatic N) is 1. The van der Waals surface area contributed by atoms with Crippen LogP contribution in [0.2, 0.25) is 10.0 Å². The first-order valence-corrected chi connectivity index (χ1v) is 7.75. The van der Waals surface area contributed by atoms with Crippen molar-refractivity contribution in [2.24, 2.45) is 5.73 Å². The quantitative estimate of drug-likeness (QED) is 0.900. The van der Waals surface area contributed by atoms with E-state index in [0.717, 1.165) is 12.0 Å². The Bertz CT molecular complexity index is 416. The molecule has 1 aliphatic rings. The Balaban J connectivity index is 2.32. The highest BCUT2D eigenvalue weighted by atomic mass is 35.5.